The molecule has 0 atom stereocenters. The highest BCUT2D eigenvalue weighted by Crippen LogP contribution is 2.09. The van der Waals surface area contributed by atoms with Crippen LogP contribution in [0.25, 0.3) is 0 Å². The fraction of sp³-hybridized carbons (Fsp3) is 0.818. The minimum atomic E-state index is 0.886. The van der Waals surface area contributed by atoms with Gasteiger partial charge in [0.2, 0.25) is 0 Å². The summed E-state index contributed by atoms with van der Waals surface area (Å²) in [5.41, 5.74) is 0. The van der Waals surface area contributed by atoms with E-state index < -0.39 is 0 Å². The van der Waals surface area contributed by atoms with Crippen molar-refractivity contribution in [2.75, 3.05) is 0 Å². The van der Waals surface area contributed by atoms with Crippen LogP contribution >= 0.6 is 0 Å². The van der Waals surface area contributed by atoms with E-state index in [2.05, 4.69) is 32.9 Å². The quantitative estimate of drug-likeness (QED) is 0.398. The Morgan fingerprint density at radius 2 is 1.82 bits per heavy atom. The molecule has 0 aliphatic carbocycles. The molecule has 11 heavy (non-hydrogen) atoms. The van der Waals surface area contributed by atoms with Gasteiger partial charge in [0.1, 0.15) is 0 Å². The minimum absolute atomic E-state index is 0.886. The summed E-state index contributed by atoms with van der Waals surface area (Å²) in [6.07, 6.45) is 11.3. The first-order valence-corrected chi connectivity index (χ1v) is 4.88. The summed E-state index contributed by atoms with van der Waals surface area (Å²) in [5, 5.41) is 0. The normalized spacial score (nSPS) is 11.6. The minimum Gasteiger partial charge on any atom is -0.0917 e. The second kappa shape index (κ2) is 7.84. The van der Waals surface area contributed by atoms with Crippen LogP contribution in [0, 0.1) is 5.92 Å². The Kier molecular flexibility index (Phi) is 7.66. The number of rotatable bonds is 6. The lowest BCUT2D eigenvalue weighted by Gasteiger charge is -2.02. The average Bonchev–Trinajstić information content (AvgIpc) is 1.96. The van der Waals surface area contributed by atoms with Crippen molar-refractivity contribution >= 4 is 0 Å². The molecule has 0 aromatic heterocycles. The molecule has 0 N–H and O–H groups in total. The van der Waals surface area contributed by atoms with Gasteiger partial charge in [-0.1, -0.05) is 45.3 Å². The monoisotopic (exact) mass is 154 g/mol. The maximum atomic E-state index is 2.30. The van der Waals surface area contributed by atoms with E-state index in [1.165, 1.54) is 32.1 Å². The highest BCUT2D eigenvalue weighted by Gasteiger charge is 1.92. The highest BCUT2D eigenvalue weighted by molar-refractivity contribution is 4.76. The SMILES string of the molecule is CC=CCCCCCC(C)C. The predicted octanol–water partition coefficient (Wildman–Crippen LogP) is 4.17. The molecule has 66 valence electrons. The van der Waals surface area contributed by atoms with Crippen molar-refractivity contribution in [3.8, 4) is 0 Å². The van der Waals surface area contributed by atoms with Gasteiger partial charge in [0.15, 0.2) is 0 Å². The van der Waals surface area contributed by atoms with E-state index >= 15 is 0 Å². The van der Waals surface area contributed by atoms with Gasteiger partial charge in [0.05, 0.1) is 0 Å². The van der Waals surface area contributed by atoms with Crippen molar-refractivity contribution in [2.45, 2.75) is 52.9 Å². The Balaban J connectivity index is 2.91. The first-order chi connectivity index (χ1) is 5.27. The van der Waals surface area contributed by atoms with E-state index in [1.54, 1.807) is 0 Å². The fourth-order valence-electron chi connectivity index (χ4n) is 1.16. The highest BCUT2D eigenvalue weighted by atomic mass is 14.0. The maximum Gasteiger partial charge on any atom is -0.0351 e. The van der Waals surface area contributed by atoms with Crippen LogP contribution in [-0.4, -0.2) is 0 Å². The summed E-state index contributed by atoms with van der Waals surface area (Å²) in [5.74, 6) is 0.886. The molecular weight excluding hydrogens is 132 g/mol. The van der Waals surface area contributed by atoms with Crippen LogP contribution in [0.2, 0.25) is 0 Å². The van der Waals surface area contributed by atoms with Crippen LogP contribution in [0.4, 0.5) is 0 Å². The molecule has 0 fully saturated rings. The van der Waals surface area contributed by atoms with Gasteiger partial charge in [-0.05, 0) is 25.7 Å². The zero-order valence-electron chi connectivity index (χ0n) is 8.27. The van der Waals surface area contributed by atoms with Gasteiger partial charge >= 0.3 is 0 Å². The molecule has 0 saturated heterocycles. The molecule has 0 saturated carbocycles. The summed E-state index contributed by atoms with van der Waals surface area (Å²) in [6, 6.07) is 0. The predicted molar refractivity (Wildman–Crippen MR) is 52.7 cm³/mol. The summed E-state index contributed by atoms with van der Waals surface area (Å²) < 4.78 is 0. The summed E-state index contributed by atoms with van der Waals surface area (Å²) in [7, 11) is 0. The molecule has 0 heterocycles. The van der Waals surface area contributed by atoms with Crippen molar-refractivity contribution in [3.05, 3.63) is 12.2 Å². The van der Waals surface area contributed by atoms with Crippen LogP contribution in [-0.2, 0) is 0 Å². The lowest BCUT2D eigenvalue weighted by atomic mass is 10.0. The van der Waals surface area contributed by atoms with Crippen LogP contribution in [0.3, 0.4) is 0 Å². The van der Waals surface area contributed by atoms with Crippen LogP contribution in [0.1, 0.15) is 52.9 Å². The zero-order valence-corrected chi connectivity index (χ0v) is 8.27. The topological polar surface area (TPSA) is 0 Å². The van der Waals surface area contributed by atoms with E-state index in [4.69, 9.17) is 0 Å². The largest absolute Gasteiger partial charge is 0.0917 e. The van der Waals surface area contributed by atoms with E-state index in [1.807, 2.05) is 0 Å². The second-order valence-electron chi connectivity index (χ2n) is 3.60. The Morgan fingerprint density at radius 1 is 1.09 bits per heavy atom. The fourth-order valence-corrected chi connectivity index (χ4v) is 1.16. The van der Waals surface area contributed by atoms with E-state index in [-0.39, 0.29) is 0 Å². The molecule has 0 aliphatic heterocycles. The first kappa shape index (κ1) is 10.7. The maximum absolute atomic E-state index is 2.30. The Bertz CT molecular complexity index is 90.2. The molecule has 0 aliphatic rings. The van der Waals surface area contributed by atoms with Crippen molar-refractivity contribution < 1.29 is 0 Å². The molecular formula is C11H22. The molecule has 0 amide bonds. The summed E-state index contributed by atoms with van der Waals surface area (Å²) >= 11 is 0. The number of hydrogen-bond acceptors (Lipinski definition) is 0. The first-order valence-electron chi connectivity index (χ1n) is 4.88. The van der Waals surface area contributed by atoms with Gasteiger partial charge in [0.25, 0.3) is 0 Å². The molecule has 0 aromatic carbocycles. The van der Waals surface area contributed by atoms with Gasteiger partial charge < -0.3 is 0 Å². The molecule has 0 bridgehead atoms. The molecule has 0 rings (SSSR count). The van der Waals surface area contributed by atoms with Crippen molar-refractivity contribution in [2.24, 2.45) is 5.92 Å². The molecule has 0 heteroatoms. The smallest absolute Gasteiger partial charge is 0.0351 e. The third kappa shape index (κ3) is 9.74. The number of allylic oxidation sites excluding steroid dienone is 2. The number of unbranched alkanes of at least 4 members (excludes halogenated alkanes) is 3. The van der Waals surface area contributed by atoms with Gasteiger partial charge in [-0.3, -0.25) is 0 Å². The van der Waals surface area contributed by atoms with Gasteiger partial charge in [-0.2, -0.15) is 0 Å². The summed E-state index contributed by atoms with van der Waals surface area (Å²) in [4.78, 5) is 0. The lowest BCUT2D eigenvalue weighted by Crippen LogP contribution is -1.86. The summed E-state index contributed by atoms with van der Waals surface area (Å²) in [6.45, 7) is 6.69. The van der Waals surface area contributed by atoms with E-state index in [9.17, 15) is 0 Å². The van der Waals surface area contributed by atoms with Crippen LogP contribution in [0.5, 0.6) is 0 Å². The molecule has 0 aromatic rings. The molecule has 0 spiro atoms. The van der Waals surface area contributed by atoms with Gasteiger partial charge in [-0.25, -0.2) is 0 Å². The van der Waals surface area contributed by atoms with Crippen molar-refractivity contribution in [3.63, 3.8) is 0 Å². The number of hydrogen-bond donors (Lipinski definition) is 0. The Hall–Kier alpha value is -0.260. The van der Waals surface area contributed by atoms with Crippen LogP contribution < -0.4 is 0 Å². The Morgan fingerprint density at radius 3 is 2.36 bits per heavy atom. The third-order valence-electron chi connectivity index (χ3n) is 1.89. The van der Waals surface area contributed by atoms with Gasteiger partial charge in [-0.15, -0.1) is 0 Å². The lowest BCUT2D eigenvalue weighted by molar-refractivity contribution is 0.528. The zero-order chi connectivity index (χ0) is 8.53. The second-order valence-corrected chi connectivity index (χ2v) is 3.60. The van der Waals surface area contributed by atoms with Crippen LogP contribution in [0.15, 0.2) is 12.2 Å². The third-order valence-corrected chi connectivity index (χ3v) is 1.89. The van der Waals surface area contributed by atoms with Crippen molar-refractivity contribution in [1.82, 2.24) is 0 Å². The Labute approximate surface area is 71.7 Å². The van der Waals surface area contributed by atoms with E-state index in [0.717, 1.165) is 5.92 Å². The molecule has 0 nitrogen and oxygen atoms in total. The standard InChI is InChI=1S/C11H22/c1-4-5-6-7-8-9-10-11(2)3/h4-5,11H,6-10H2,1-3H3. The van der Waals surface area contributed by atoms with Crippen molar-refractivity contribution in [1.29, 1.82) is 0 Å². The average molecular weight is 154 g/mol. The van der Waals surface area contributed by atoms with E-state index in [0.29, 0.717) is 0 Å². The molecule has 0 unspecified atom stereocenters. The molecule has 0 radical (unpaired) electrons. The van der Waals surface area contributed by atoms with Gasteiger partial charge in [0, 0.05) is 0 Å².